The van der Waals surface area contributed by atoms with Gasteiger partial charge in [-0.3, -0.25) is 4.79 Å². The number of amides is 1. The van der Waals surface area contributed by atoms with Gasteiger partial charge < -0.3 is 20.5 Å². The van der Waals surface area contributed by atoms with E-state index in [4.69, 9.17) is 15.2 Å². The number of hydrogen-bond donors (Lipinski definition) is 2. The summed E-state index contributed by atoms with van der Waals surface area (Å²) in [4.78, 5) is 11.5. The number of hydrogen-bond acceptors (Lipinski definition) is 4. The molecule has 0 aromatic heterocycles. The van der Waals surface area contributed by atoms with E-state index in [1.807, 2.05) is 38.1 Å². The van der Waals surface area contributed by atoms with Crippen LogP contribution in [0.3, 0.4) is 0 Å². The highest BCUT2D eigenvalue weighted by Gasteiger charge is 2.29. The van der Waals surface area contributed by atoms with Crippen molar-refractivity contribution in [2.45, 2.75) is 32.2 Å². The number of nitrogens with one attached hydrogen (secondary N) is 1. The van der Waals surface area contributed by atoms with Crippen molar-refractivity contribution in [2.75, 3.05) is 20.3 Å². The lowest BCUT2D eigenvalue weighted by atomic mass is 9.97. The Labute approximate surface area is 120 Å². The molecule has 1 rings (SSSR count). The first-order valence-corrected chi connectivity index (χ1v) is 6.83. The fourth-order valence-corrected chi connectivity index (χ4v) is 1.74. The van der Waals surface area contributed by atoms with Gasteiger partial charge in [0.15, 0.2) is 0 Å². The van der Waals surface area contributed by atoms with Gasteiger partial charge in [-0.2, -0.15) is 0 Å². The predicted molar refractivity (Wildman–Crippen MR) is 79.0 cm³/mol. The van der Waals surface area contributed by atoms with Crippen LogP contribution in [0, 0.1) is 0 Å². The third-order valence-electron chi connectivity index (χ3n) is 3.24. The zero-order valence-corrected chi connectivity index (χ0v) is 12.4. The molecule has 5 heteroatoms. The smallest absolute Gasteiger partial charge is 0.237 e. The van der Waals surface area contributed by atoms with Crippen LogP contribution in [0.15, 0.2) is 24.3 Å². The summed E-state index contributed by atoms with van der Waals surface area (Å²) < 4.78 is 10.7. The molecule has 1 aromatic carbocycles. The molecule has 1 unspecified atom stereocenters. The SMILES string of the molecule is CCCNC(C)(CCOc1ccc(OC)cc1)C(N)=O. The first-order valence-electron chi connectivity index (χ1n) is 6.83. The van der Waals surface area contributed by atoms with E-state index in [9.17, 15) is 4.79 Å². The van der Waals surface area contributed by atoms with E-state index in [0.717, 1.165) is 24.5 Å². The van der Waals surface area contributed by atoms with Gasteiger partial charge in [0.05, 0.1) is 19.3 Å². The molecule has 1 atom stereocenters. The van der Waals surface area contributed by atoms with Gasteiger partial charge in [0.25, 0.3) is 0 Å². The number of ether oxygens (including phenoxy) is 2. The molecule has 112 valence electrons. The first-order chi connectivity index (χ1) is 9.51. The quantitative estimate of drug-likeness (QED) is 0.722. The Kier molecular flexibility index (Phi) is 6.31. The number of carbonyl (C=O) groups excluding carboxylic acids is 1. The standard InChI is InChI=1S/C15H24N2O3/c1-4-10-17-15(2,14(16)18)9-11-20-13-7-5-12(19-3)6-8-13/h5-8,17H,4,9-11H2,1-3H3,(H2,16,18). The minimum absolute atomic E-state index is 0.357. The molecular formula is C15H24N2O3. The van der Waals surface area contributed by atoms with Gasteiger partial charge in [-0.15, -0.1) is 0 Å². The average molecular weight is 280 g/mol. The first kappa shape index (κ1) is 16.3. The molecule has 0 aliphatic heterocycles. The summed E-state index contributed by atoms with van der Waals surface area (Å²) in [5.41, 5.74) is 4.72. The van der Waals surface area contributed by atoms with Crippen LogP contribution in [-0.4, -0.2) is 31.7 Å². The number of rotatable bonds is 9. The molecule has 0 saturated heterocycles. The van der Waals surface area contributed by atoms with Crippen molar-refractivity contribution >= 4 is 5.91 Å². The molecule has 20 heavy (non-hydrogen) atoms. The van der Waals surface area contributed by atoms with Crippen molar-refractivity contribution in [2.24, 2.45) is 5.73 Å². The van der Waals surface area contributed by atoms with Crippen molar-refractivity contribution in [1.82, 2.24) is 5.32 Å². The third kappa shape index (κ3) is 4.74. The zero-order valence-electron chi connectivity index (χ0n) is 12.4. The van der Waals surface area contributed by atoms with Crippen LogP contribution in [0.4, 0.5) is 0 Å². The van der Waals surface area contributed by atoms with Gasteiger partial charge in [0.1, 0.15) is 11.5 Å². The molecule has 0 saturated carbocycles. The second-order valence-electron chi connectivity index (χ2n) is 4.90. The molecule has 1 aromatic rings. The van der Waals surface area contributed by atoms with Crippen LogP contribution in [0.25, 0.3) is 0 Å². The lowest BCUT2D eigenvalue weighted by molar-refractivity contribution is -0.124. The zero-order chi connectivity index (χ0) is 15.0. The van der Waals surface area contributed by atoms with Gasteiger partial charge in [-0.25, -0.2) is 0 Å². The fraction of sp³-hybridized carbons (Fsp3) is 0.533. The summed E-state index contributed by atoms with van der Waals surface area (Å²) in [6.07, 6.45) is 1.47. The largest absolute Gasteiger partial charge is 0.497 e. The van der Waals surface area contributed by atoms with Crippen LogP contribution < -0.4 is 20.5 Å². The minimum Gasteiger partial charge on any atom is -0.497 e. The normalized spacial score (nSPS) is 13.6. The van der Waals surface area contributed by atoms with Crippen LogP contribution in [0.2, 0.25) is 0 Å². The molecule has 0 heterocycles. The third-order valence-corrected chi connectivity index (χ3v) is 3.24. The fourth-order valence-electron chi connectivity index (χ4n) is 1.74. The highest BCUT2D eigenvalue weighted by molar-refractivity contribution is 5.84. The molecule has 0 aliphatic rings. The van der Waals surface area contributed by atoms with Gasteiger partial charge in [-0.05, 0) is 44.2 Å². The monoisotopic (exact) mass is 280 g/mol. The molecular weight excluding hydrogens is 256 g/mol. The average Bonchev–Trinajstić information content (AvgIpc) is 2.45. The Morgan fingerprint density at radius 1 is 1.30 bits per heavy atom. The number of methoxy groups -OCH3 is 1. The Morgan fingerprint density at radius 2 is 1.90 bits per heavy atom. The summed E-state index contributed by atoms with van der Waals surface area (Å²) in [5.74, 6) is 1.17. The topological polar surface area (TPSA) is 73.6 Å². The summed E-state index contributed by atoms with van der Waals surface area (Å²) >= 11 is 0. The summed E-state index contributed by atoms with van der Waals surface area (Å²) in [7, 11) is 1.62. The van der Waals surface area contributed by atoms with Gasteiger partial charge >= 0.3 is 0 Å². The number of carbonyl (C=O) groups is 1. The number of nitrogens with two attached hydrogens (primary N) is 1. The summed E-state index contributed by atoms with van der Waals surface area (Å²) in [5, 5.41) is 3.18. The van der Waals surface area contributed by atoms with Crippen molar-refractivity contribution in [3.8, 4) is 11.5 Å². The molecule has 0 aliphatic carbocycles. The maximum Gasteiger partial charge on any atom is 0.237 e. The highest BCUT2D eigenvalue weighted by atomic mass is 16.5. The predicted octanol–water partition coefficient (Wildman–Crippen LogP) is 1.71. The van der Waals surface area contributed by atoms with Crippen molar-refractivity contribution in [3.05, 3.63) is 24.3 Å². The summed E-state index contributed by atoms with van der Waals surface area (Å²) in [6.45, 7) is 5.02. The van der Waals surface area contributed by atoms with E-state index in [1.54, 1.807) is 7.11 Å². The summed E-state index contributed by atoms with van der Waals surface area (Å²) in [6, 6.07) is 7.33. The van der Waals surface area contributed by atoms with E-state index >= 15 is 0 Å². The molecule has 0 fully saturated rings. The molecule has 1 amide bonds. The van der Waals surface area contributed by atoms with Crippen molar-refractivity contribution < 1.29 is 14.3 Å². The van der Waals surface area contributed by atoms with Crippen LogP contribution in [0.1, 0.15) is 26.7 Å². The Bertz CT molecular complexity index is 420. The number of primary amides is 1. The maximum absolute atomic E-state index is 11.5. The van der Waals surface area contributed by atoms with Crippen LogP contribution >= 0.6 is 0 Å². The van der Waals surface area contributed by atoms with Crippen LogP contribution in [0.5, 0.6) is 11.5 Å². The second-order valence-corrected chi connectivity index (χ2v) is 4.90. The molecule has 0 bridgehead atoms. The van der Waals surface area contributed by atoms with Crippen molar-refractivity contribution in [1.29, 1.82) is 0 Å². The highest BCUT2D eigenvalue weighted by Crippen LogP contribution is 2.18. The van der Waals surface area contributed by atoms with E-state index in [2.05, 4.69) is 5.32 Å². The number of benzene rings is 1. The van der Waals surface area contributed by atoms with E-state index in [-0.39, 0.29) is 5.91 Å². The molecule has 0 spiro atoms. The maximum atomic E-state index is 11.5. The lowest BCUT2D eigenvalue weighted by Gasteiger charge is -2.27. The van der Waals surface area contributed by atoms with Crippen molar-refractivity contribution in [3.63, 3.8) is 0 Å². The second kappa shape index (κ2) is 7.75. The van der Waals surface area contributed by atoms with Gasteiger partial charge in [-0.1, -0.05) is 6.92 Å². The molecule has 5 nitrogen and oxygen atoms in total. The van der Waals surface area contributed by atoms with E-state index in [1.165, 1.54) is 0 Å². The van der Waals surface area contributed by atoms with Gasteiger partial charge in [0.2, 0.25) is 5.91 Å². The van der Waals surface area contributed by atoms with E-state index in [0.29, 0.717) is 13.0 Å². The Balaban J connectivity index is 2.49. The molecule has 3 N–H and O–H groups in total. The minimum atomic E-state index is -0.734. The van der Waals surface area contributed by atoms with E-state index < -0.39 is 5.54 Å². The van der Waals surface area contributed by atoms with Crippen LogP contribution in [-0.2, 0) is 4.79 Å². The van der Waals surface area contributed by atoms with Gasteiger partial charge in [0, 0.05) is 6.42 Å². The Hall–Kier alpha value is -1.75. The Morgan fingerprint density at radius 3 is 2.40 bits per heavy atom. The lowest BCUT2D eigenvalue weighted by Crippen LogP contribution is -2.54. The molecule has 0 radical (unpaired) electrons.